The number of benzene rings is 1. The minimum absolute atomic E-state index is 0.0113. The lowest BCUT2D eigenvalue weighted by Gasteiger charge is -2.45. The highest BCUT2D eigenvalue weighted by atomic mass is 16.5. The van der Waals surface area contributed by atoms with Crippen molar-refractivity contribution < 1.29 is 19.4 Å². The van der Waals surface area contributed by atoms with Gasteiger partial charge in [-0.2, -0.15) is 0 Å². The maximum Gasteiger partial charge on any atom is 0.225 e. The van der Waals surface area contributed by atoms with Crippen molar-refractivity contribution in [3.8, 4) is 5.75 Å². The Morgan fingerprint density at radius 1 is 1.38 bits per heavy atom. The average Bonchev–Trinajstić information content (AvgIpc) is 2.60. The van der Waals surface area contributed by atoms with Crippen LogP contribution < -0.4 is 4.74 Å². The molecule has 1 N–H and O–H groups in total. The van der Waals surface area contributed by atoms with Crippen molar-refractivity contribution >= 4 is 11.8 Å². The van der Waals surface area contributed by atoms with Gasteiger partial charge < -0.3 is 19.6 Å². The van der Waals surface area contributed by atoms with Gasteiger partial charge in [0.1, 0.15) is 5.75 Å². The van der Waals surface area contributed by atoms with Crippen molar-refractivity contribution in [3.63, 3.8) is 0 Å². The van der Waals surface area contributed by atoms with Crippen LogP contribution in [0.5, 0.6) is 5.75 Å². The molecule has 0 bridgehead atoms. The molecule has 0 unspecified atom stereocenters. The van der Waals surface area contributed by atoms with Crippen molar-refractivity contribution in [1.29, 1.82) is 0 Å². The number of fused-ring (bicyclic) bond motifs is 3. The summed E-state index contributed by atoms with van der Waals surface area (Å²) < 4.78 is 5.96. The third-order valence-corrected chi connectivity index (χ3v) is 5.24. The number of β-amino-alcohol motifs (C(OH)–C–C–N with tert-alkyl or cyclic N) is 1. The number of ether oxygens (including phenoxy) is 1. The number of aliphatic hydroxyl groups excluding tert-OH is 1. The number of amides is 2. The van der Waals surface area contributed by atoms with Crippen LogP contribution in [0, 0.1) is 18.8 Å². The van der Waals surface area contributed by atoms with Crippen LogP contribution in [0.3, 0.4) is 0 Å². The van der Waals surface area contributed by atoms with Crippen LogP contribution in [0.15, 0.2) is 18.2 Å². The topological polar surface area (TPSA) is 70.1 Å². The summed E-state index contributed by atoms with van der Waals surface area (Å²) in [5.74, 6) is 0.725. The van der Waals surface area contributed by atoms with E-state index in [-0.39, 0.29) is 42.7 Å². The van der Waals surface area contributed by atoms with E-state index < -0.39 is 0 Å². The zero-order valence-electron chi connectivity index (χ0n) is 15.8. The Hall–Kier alpha value is -2.08. The standard InChI is InChI=1S/C20H28N2O4/c1-13(2)20(25)22-7-6-18(24)21(8-9-23)11-15-12-26-17-5-4-14(3)10-16(17)19(15)22/h4-5,10,13,15,19,23H,6-9,11-12H2,1-3H3/t15-,19-/m0/s1. The molecule has 0 radical (unpaired) electrons. The van der Waals surface area contributed by atoms with E-state index in [0.717, 1.165) is 16.9 Å². The molecule has 2 aliphatic heterocycles. The zero-order valence-corrected chi connectivity index (χ0v) is 15.8. The molecular formula is C20H28N2O4. The molecule has 0 aliphatic carbocycles. The van der Waals surface area contributed by atoms with Crippen molar-refractivity contribution in [2.45, 2.75) is 33.2 Å². The second-order valence-corrected chi connectivity index (χ2v) is 7.56. The molecule has 1 aromatic rings. The fourth-order valence-corrected chi connectivity index (χ4v) is 3.96. The third kappa shape index (κ3) is 3.56. The second kappa shape index (κ2) is 7.66. The molecule has 0 saturated carbocycles. The van der Waals surface area contributed by atoms with Gasteiger partial charge in [0.2, 0.25) is 11.8 Å². The summed E-state index contributed by atoms with van der Waals surface area (Å²) in [7, 11) is 0. The first-order valence-corrected chi connectivity index (χ1v) is 9.34. The summed E-state index contributed by atoms with van der Waals surface area (Å²) in [5.41, 5.74) is 2.14. The lowest BCUT2D eigenvalue weighted by atomic mass is 9.86. The summed E-state index contributed by atoms with van der Waals surface area (Å²) in [5, 5.41) is 9.31. The van der Waals surface area contributed by atoms with Gasteiger partial charge in [-0.1, -0.05) is 31.5 Å². The number of aliphatic hydroxyl groups is 1. The lowest BCUT2D eigenvalue weighted by Crippen LogP contribution is -2.52. The Bertz CT molecular complexity index is 688. The number of hydrogen-bond acceptors (Lipinski definition) is 4. The lowest BCUT2D eigenvalue weighted by molar-refractivity contribution is -0.144. The van der Waals surface area contributed by atoms with E-state index in [1.165, 1.54) is 0 Å². The summed E-state index contributed by atoms with van der Waals surface area (Å²) >= 11 is 0. The van der Waals surface area contributed by atoms with E-state index in [1.54, 1.807) is 4.90 Å². The molecule has 6 nitrogen and oxygen atoms in total. The number of carbonyl (C=O) groups excluding carboxylic acids is 2. The molecule has 0 spiro atoms. The SMILES string of the molecule is Cc1ccc2c(c1)[C@@H]1[C@H](CO2)CN(CCO)C(=O)CCN1C(=O)C(C)C. The predicted molar refractivity (Wildman–Crippen MR) is 97.7 cm³/mol. The van der Waals surface area contributed by atoms with Crippen molar-refractivity contribution in [1.82, 2.24) is 9.80 Å². The maximum absolute atomic E-state index is 12.9. The minimum Gasteiger partial charge on any atom is -0.493 e. The fourth-order valence-electron chi connectivity index (χ4n) is 3.96. The Morgan fingerprint density at radius 2 is 2.15 bits per heavy atom. The molecule has 2 amide bonds. The quantitative estimate of drug-likeness (QED) is 0.892. The van der Waals surface area contributed by atoms with Gasteiger partial charge in [-0.05, 0) is 13.0 Å². The van der Waals surface area contributed by atoms with Gasteiger partial charge >= 0.3 is 0 Å². The Balaban J connectivity index is 2.03. The van der Waals surface area contributed by atoms with Gasteiger partial charge in [-0.3, -0.25) is 9.59 Å². The van der Waals surface area contributed by atoms with Crippen LogP contribution in [-0.2, 0) is 9.59 Å². The summed E-state index contributed by atoms with van der Waals surface area (Å²) in [6.07, 6.45) is 0.281. The Morgan fingerprint density at radius 3 is 2.85 bits per heavy atom. The van der Waals surface area contributed by atoms with Crippen molar-refractivity contribution in [3.05, 3.63) is 29.3 Å². The largest absolute Gasteiger partial charge is 0.493 e. The molecule has 3 rings (SSSR count). The first-order valence-electron chi connectivity index (χ1n) is 9.34. The Kier molecular flexibility index (Phi) is 5.51. The predicted octanol–water partition coefficient (Wildman–Crippen LogP) is 1.75. The van der Waals surface area contributed by atoms with Gasteiger partial charge in [0.15, 0.2) is 0 Å². The van der Waals surface area contributed by atoms with E-state index in [1.807, 2.05) is 37.8 Å². The number of rotatable bonds is 3. The molecular weight excluding hydrogens is 332 g/mol. The number of nitrogens with zero attached hydrogens (tertiary/aromatic N) is 2. The zero-order chi connectivity index (χ0) is 18.8. The molecule has 1 aromatic carbocycles. The van der Waals surface area contributed by atoms with E-state index in [4.69, 9.17) is 4.74 Å². The highest BCUT2D eigenvalue weighted by Gasteiger charge is 2.41. The van der Waals surface area contributed by atoms with Crippen LogP contribution in [0.1, 0.15) is 37.4 Å². The van der Waals surface area contributed by atoms with E-state index >= 15 is 0 Å². The van der Waals surface area contributed by atoms with E-state index in [2.05, 4.69) is 6.07 Å². The first-order chi connectivity index (χ1) is 12.4. The molecule has 0 aromatic heterocycles. The highest BCUT2D eigenvalue weighted by molar-refractivity contribution is 5.81. The maximum atomic E-state index is 12.9. The Labute approximate surface area is 154 Å². The number of aryl methyl sites for hydroxylation is 1. The summed E-state index contributed by atoms with van der Waals surface area (Å²) in [6, 6.07) is 5.96. The van der Waals surface area contributed by atoms with Crippen LogP contribution in [0.2, 0.25) is 0 Å². The van der Waals surface area contributed by atoms with Crippen LogP contribution >= 0.6 is 0 Å². The van der Waals surface area contributed by atoms with Crippen molar-refractivity contribution in [2.75, 3.05) is 32.8 Å². The van der Waals surface area contributed by atoms with Gasteiger partial charge in [-0.15, -0.1) is 0 Å². The first kappa shape index (κ1) is 18.7. The van der Waals surface area contributed by atoms with Gasteiger partial charge in [-0.25, -0.2) is 0 Å². The molecule has 26 heavy (non-hydrogen) atoms. The molecule has 2 aliphatic rings. The third-order valence-electron chi connectivity index (χ3n) is 5.24. The minimum atomic E-state index is -0.130. The average molecular weight is 360 g/mol. The van der Waals surface area contributed by atoms with Gasteiger partial charge in [0, 0.05) is 43.5 Å². The van der Waals surface area contributed by atoms with Crippen LogP contribution in [-0.4, -0.2) is 59.6 Å². The summed E-state index contributed by atoms with van der Waals surface area (Å²) in [4.78, 5) is 29.0. The number of hydrogen-bond donors (Lipinski definition) is 1. The smallest absolute Gasteiger partial charge is 0.225 e. The van der Waals surface area contributed by atoms with Crippen molar-refractivity contribution in [2.24, 2.45) is 11.8 Å². The molecule has 2 heterocycles. The second-order valence-electron chi connectivity index (χ2n) is 7.56. The molecule has 2 atom stereocenters. The fraction of sp³-hybridized carbons (Fsp3) is 0.600. The number of carbonyl (C=O) groups is 2. The summed E-state index contributed by atoms with van der Waals surface area (Å²) in [6.45, 7) is 7.42. The molecule has 1 fully saturated rings. The van der Waals surface area contributed by atoms with Gasteiger partial charge in [0.25, 0.3) is 0 Å². The molecule has 142 valence electrons. The monoisotopic (exact) mass is 360 g/mol. The highest BCUT2D eigenvalue weighted by Crippen LogP contribution is 2.41. The van der Waals surface area contributed by atoms with Crippen LogP contribution in [0.25, 0.3) is 0 Å². The van der Waals surface area contributed by atoms with E-state index in [0.29, 0.717) is 26.2 Å². The van der Waals surface area contributed by atoms with Crippen LogP contribution in [0.4, 0.5) is 0 Å². The normalized spacial score (nSPS) is 23.0. The molecule has 1 saturated heterocycles. The van der Waals surface area contributed by atoms with Gasteiger partial charge in [0.05, 0.1) is 19.3 Å². The molecule has 6 heteroatoms. The van der Waals surface area contributed by atoms with E-state index in [9.17, 15) is 14.7 Å².